The summed E-state index contributed by atoms with van der Waals surface area (Å²) >= 11 is 0. The first-order valence-corrected chi connectivity index (χ1v) is 14.3. The van der Waals surface area contributed by atoms with Crippen molar-refractivity contribution in [1.29, 1.82) is 0 Å². The van der Waals surface area contributed by atoms with Gasteiger partial charge < -0.3 is 29.5 Å². The number of likely N-dealkylation sites (tertiary alicyclic amines) is 1. The normalized spacial score (nSPS) is 22.2. The minimum absolute atomic E-state index is 0.0905. The van der Waals surface area contributed by atoms with E-state index < -0.39 is 0 Å². The number of aromatic nitrogens is 4. The molecule has 4 fully saturated rings. The van der Waals surface area contributed by atoms with Crippen LogP contribution in [0, 0.1) is 0 Å². The third kappa shape index (κ3) is 5.03. The van der Waals surface area contributed by atoms with Gasteiger partial charge in [-0.05, 0) is 57.0 Å². The second kappa shape index (κ2) is 10.6. The molecule has 0 radical (unpaired) electrons. The van der Waals surface area contributed by atoms with E-state index in [4.69, 9.17) is 14.5 Å². The highest BCUT2D eigenvalue weighted by atomic mass is 16.6. The van der Waals surface area contributed by atoms with Crippen molar-refractivity contribution in [2.24, 2.45) is 0 Å². The summed E-state index contributed by atoms with van der Waals surface area (Å²) in [6.45, 7) is 4.67. The van der Waals surface area contributed by atoms with Gasteiger partial charge in [0.05, 0.1) is 24.7 Å². The van der Waals surface area contributed by atoms with Crippen molar-refractivity contribution in [2.75, 3.05) is 50.7 Å². The standard InChI is InChI=1S/C28H34N8O4/c37-25-16-21(18-35(25)19-5-9-29-10-6-19)40-28(38)34-14-12-33(13-15-34)24-7-11-36-26(32-24)23(17-31-36)22-2-1-8-30-27(22)39-20-3-4-20/h1-2,7-8,11,17,19-21,29H,3-6,9-10,12-16,18H2/t21-/m0/s1. The van der Waals surface area contributed by atoms with Gasteiger partial charge in [0.15, 0.2) is 5.65 Å². The van der Waals surface area contributed by atoms with Crippen molar-refractivity contribution in [1.82, 2.24) is 34.7 Å². The molecule has 0 bridgehead atoms. The number of piperidine rings is 1. The van der Waals surface area contributed by atoms with Crippen LogP contribution in [-0.2, 0) is 9.53 Å². The number of piperazine rings is 1. The highest BCUT2D eigenvalue weighted by Crippen LogP contribution is 2.35. The molecule has 4 aliphatic rings. The van der Waals surface area contributed by atoms with E-state index in [9.17, 15) is 9.59 Å². The van der Waals surface area contributed by atoms with Crippen molar-refractivity contribution in [3.8, 4) is 17.0 Å². The number of amides is 2. The number of ether oxygens (including phenoxy) is 2. The number of hydrogen-bond acceptors (Lipinski definition) is 9. The molecule has 0 aromatic carbocycles. The van der Waals surface area contributed by atoms with E-state index in [0.29, 0.717) is 38.6 Å². The van der Waals surface area contributed by atoms with Crippen LogP contribution >= 0.6 is 0 Å². The predicted octanol–water partition coefficient (Wildman–Crippen LogP) is 1.94. The Bertz CT molecular complexity index is 1390. The molecule has 3 aliphatic heterocycles. The lowest BCUT2D eigenvalue weighted by Gasteiger charge is -2.35. The second-order valence-corrected chi connectivity index (χ2v) is 11.0. The van der Waals surface area contributed by atoms with Crippen LogP contribution in [0.4, 0.5) is 10.6 Å². The van der Waals surface area contributed by atoms with Crippen LogP contribution in [0.3, 0.4) is 0 Å². The Morgan fingerprint density at radius 1 is 1.00 bits per heavy atom. The zero-order valence-corrected chi connectivity index (χ0v) is 22.4. The molecule has 210 valence electrons. The van der Waals surface area contributed by atoms with Crippen LogP contribution in [0.15, 0.2) is 36.8 Å². The molecule has 0 unspecified atom stereocenters. The first-order valence-electron chi connectivity index (χ1n) is 14.3. The topological polar surface area (TPSA) is 117 Å². The Balaban J connectivity index is 0.987. The van der Waals surface area contributed by atoms with Gasteiger partial charge in [-0.25, -0.2) is 19.3 Å². The minimum atomic E-state index is -0.376. The molecule has 1 saturated carbocycles. The number of nitrogens with zero attached hydrogens (tertiary/aromatic N) is 7. The van der Waals surface area contributed by atoms with Crippen LogP contribution in [0.2, 0.25) is 0 Å². The molecule has 3 aromatic rings. The van der Waals surface area contributed by atoms with Crippen LogP contribution in [0.5, 0.6) is 5.88 Å². The number of fused-ring (bicyclic) bond motifs is 1. The van der Waals surface area contributed by atoms with Crippen molar-refractivity contribution in [3.63, 3.8) is 0 Å². The number of pyridine rings is 1. The molecule has 7 rings (SSSR count). The van der Waals surface area contributed by atoms with E-state index in [1.807, 2.05) is 29.3 Å². The molecule has 6 heterocycles. The number of carbonyl (C=O) groups is 2. The molecular weight excluding hydrogens is 512 g/mol. The Hall–Kier alpha value is -3.93. The molecule has 1 N–H and O–H groups in total. The number of rotatable bonds is 6. The molecule has 0 spiro atoms. The average Bonchev–Trinajstić information content (AvgIpc) is 3.59. The molecule has 2 amide bonds. The van der Waals surface area contributed by atoms with Crippen molar-refractivity contribution < 1.29 is 19.1 Å². The van der Waals surface area contributed by atoms with Gasteiger partial charge in [-0.3, -0.25) is 4.79 Å². The SMILES string of the molecule is O=C(O[C@H]1CC(=O)N(C2CCNCC2)C1)N1CCN(c2ccn3ncc(-c4cccnc4OC4CC4)c3n2)CC1. The second-order valence-electron chi connectivity index (χ2n) is 11.0. The maximum atomic E-state index is 12.9. The van der Waals surface area contributed by atoms with Gasteiger partial charge in [-0.1, -0.05) is 0 Å². The fourth-order valence-corrected chi connectivity index (χ4v) is 5.84. The summed E-state index contributed by atoms with van der Waals surface area (Å²) < 4.78 is 13.6. The van der Waals surface area contributed by atoms with Crippen LogP contribution in [-0.4, -0.2) is 105 Å². The van der Waals surface area contributed by atoms with E-state index in [1.165, 1.54) is 0 Å². The lowest BCUT2D eigenvalue weighted by molar-refractivity contribution is -0.130. The van der Waals surface area contributed by atoms with E-state index in [0.717, 1.165) is 61.4 Å². The van der Waals surface area contributed by atoms with Gasteiger partial charge >= 0.3 is 6.09 Å². The Morgan fingerprint density at radius 3 is 2.62 bits per heavy atom. The highest BCUT2D eigenvalue weighted by Gasteiger charge is 2.38. The maximum absolute atomic E-state index is 12.9. The van der Waals surface area contributed by atoms with Gasteiger partial charge in [-0.2, -0.15) is 5.10 Å². The summed E-state index contributed by atoms with van der Waals surface area (Å²) in [6, 6.07) is 6.08. The van der Waals surface area contributed by atoms with E-state index in [1.54, 1.807) is 21.8 Å². The molecule has 12 heteroatoms. The molecule has 3 aromatic heterocycles. The van der Waals surface area contributed by atoms with E-state index >= 15 is 0 Å². The molecule has 1 aliphatic carbocycles. The first kappa shape index (κ1) is 25.1. The summed E-state index contributed by atoms with van der Waals surface area (Å²) in [6.07, 6.45) is 9.27. The summed E-state index contributed by atoms with van der Waals surface area (Å²) in [7, 11) is 0. The minimum Gasteiger partial charge on any atom is -0.474 e. The molecule has 40 heavy (non-hydrogen) atoms. The van der Waals surface area contributed by atoms with Gasteiger partial charge in [0.1, 0.15) is 18.0 Å². The van der Waals surface area contributed by atoms with Crippen molar-refractivity contribution >= 4 is 23.5 Å². The van der Waals surface area contributed by atoms with Gasteiger partial charge in [0.25, 0.3) is 0 Å². The third-order valence-corrected chi connectivity index (χ3v) is 8.22. The molecular formula is C28H34N8O4. The van der Waals surface area contributed by atoms with Crippen LogP contribution in [0.25, 0.3) is 16.8 Å². The fourth-order valence-electron chi connectivity index (χ4n) is 5.84. The Labute approximate surface area is 232 Å². The zero-order chi connectivity index (χ0) is 27.1. The number of nitrogens with one attached hydrogen (secondary N) is 1. The summed E-state index contributed by atoms with van der Waals surface area (Å²) in [5.41, 5.74) is 2.49. The predicted molar refractivity (Wildman–Crippen MR) is 146 cm³/mol. The summed E-state index contributed by atoms with van der Waals surface area (Å²) in [5.74, 6) is 1.53. The fraction of sp³-hybridized carbons (Fsp3) is 0.536. The number of hydrogen-bond donors (Lipinski definition) is 1. The van der Waals surface area contributed by atoms with Gasteiger partial charge in [-0.15, -0.1) is 0 Å². The third-order valence-electron chi connectivity index (χ3n) is 8.22. The van der Waals surface area contributed by atoms with Crippen molar-refractivity contribution in [2.45, 2.75) is 50.4 Å². The van der Waals surface area contributed by atoms with E-state index in [2.05, 4.69) is 20.3 Å². The quantitative estimate of drug-likeness (QED) is 0.495. The summed E-state index contributed by atoms with van der Waals surface area (Å²) in [5, 5.41) is 7.83. The molecule has 1 atom stereocenters. The highest BCUT2D eigenvalue weighted by molar-refractivity contribution is 5.81. The maximum Gasteiger partial charge on any atom is 0.410 e. The van der Waals surface area contributed by atoms with Gasteiger partial charge in [0.2, 0.25) is 11.8 Å². The zero-order valence-electron chi connectivity index (χ0n) is 22.4. The van der Waals surface area contributed by atoms with Crippen LogP contribution in [0.1, 0.15) is 32.1 Å². The number of anilines is 1. The molecule has 3 saturated heterocycles. The van der Waals surface area contributed by atoms with Gasteiger partial charge in [0, 0.05) is 50.2 Å². The number of carbonyl (C=O) groups excluding carboxylic acids is 2. The van der Waals surface area contributed by atoms with Crippen LogP contribution < -0.4 is 15.0 Å². The Morgan fingerprint density at radius 2 is 1.82 bits per heavy atom. The first-order chi connectivity index (χ1) is 19.6. The monoisotopic (exact) mass is 546 g/mol. The lowest BCUT2D eigenvalue weighted by atomic mass is 10.1. The van der Waals surface area contributed by atoms with E-state index in [-0.39, 0.29) is 36.7 Å². The Kier molecular flexibility index (Phi) is 6.62. The smallest absolute Gasteiger partial charge is 0.410 e. The average molecular weight is 547 g/mol. The lowest BCUT2D eigenvalue weighted by Crippen LogP contribution is -2.50. The molecule has 12 nitrogen and oxygen atoms in total. The summed E-state index contributed by atoms with van der Waals surface area (Å²) in [4.78, 5) is 40.7. The van der Waals surface area contributed by atoms with Crippen molar-refractivity contribution in [3.05, 3.63) is 36.8 Å². The largest absolute Gasteiger partial charge is 0.474 e.